The fourth-order valence-electron chi connectivity index (χ4n) is 3.44. The third kappa shape index (κ3) is 2.40. The second-order valence-electron chi connectivity index (χ2n) is 6.42. The van der Waals surface area contributed by atoms with E-state index in [0.717, 1.165) is 55.8 Å². The van der Waals surface area contributed by atoms with Crippen molar-refractivity contribution in [2.45, 2.75) is 32.7 Å². The monoisotopic (exact) mass is 296 g/mol. The number of aryl methyl sites for hydroxylation is 3. The first-order valence-electron chi connectivity index (χ1n) is 7.96. The van der Waals surface area contributed by atoms with Gasteiger partial charge < -0.3 is 4.90 Å². The molecular weight excluding hydrogens is 276 g/mol. The van der Waals surface area contributed by atoms with Gasteiger partial charge in [-0.2, -0.15) is 5.10 Å². The van der Waals surface area contributed by atoms with Crippen LogP contribution in [0.3, 0.4) is 0 Å². The van der Waals surface area contributed by atoms with Crippen molar-refractivity contribution in [3.8, 4) is 0 Å². The third-order valence-corrected chi connectivity index (χ3v) is 4.66. The molecule has 3 heterocycles. The molecule has 0 amide bonds. The van der Waals surface area contributed by atoms with Crippen molar-refractivity contribution < 1.29 is 0 Å². The number of nitrogens with zero attached hydrogens (tertiary/aromatic N) is 4. The first-order chi connectivity index (χ1) is 10.7. The molecule has 0 unspecified atom stereocenters. The van der Waals surface area contributed by atoms with Gasteiger partial charge in [-0.05, 0) is 43.9 Å². The summed E-state index contributed by atoms with van der Waals surface area (Å²) in [4.78, 5) is 18.7. The highest BCUT2D eigenvalue weighted by Crippen LogP contribution is 2.25. The van der Waals surface area contributed by atoms with Crippen molar-refractivity contribution >= 4 is 5.69 Å². The molecule has 0 saturated carbocycles. The van der Waals surface area contributed by atoms with Gasteiger partial charge in [0.2, 0.25) is 0 Å². The minimum Gasteiger partial charge on any atom is -0.371 e. The van der Waals surface area contributed by atoms with Gasteiger partial charge in [-0.1, -0.05) is 0 Å². The van der Waals surface area contributed by atoms with Gasteiger partial charge in [0, 0.05) is 42.7 Å². The first-order valence-corrected chi connectivity index (χ1v) is 7.96. The van der Waals surface area contributed by atoms with Gasteiger partial charge in [0.25, 0.3) is 5.56 Å². The van der Waals surface area contributed by atoms with E-state index < -0.39 is 0 Å². The van der Waals surface area contributed by atoms with Crippen molar-refractivity contribution in [2.24, 2.45) is 5.92 Å². The van der Waals surface area contributed by atoms with E-state index >= 15 is 0 Å². The molecule has 5 nitrogen and oxygen atoms in total. The number of fused-ring (bicyclic) bond motifs is 1. The molecule has 1 fully saturated rings. The van der Waals surface area contributed by atoms with Gasteiger partial charge in [0.15, 0.2) is 0 Å². The normalized spacial score (nSPS) is 17.4. The third-order valence-electron chi connectivity index (χ3n) is 4.66. The Morgan fingerprint density at radius 2 is 2.14 bits per heavy atom. The molecule has 22 heavy (non-hydrogen) atoms. The molecule has 2 aliphatic rings. The van der Waals surface area contributed by atoms with Gasteiger partial charge in [0.1, 0.15) is 0 Å². The number of pyridine rings is 1. The molecule has 2 aromatic heterocycles. The van der Waals surface area contributed by atoms with Crippen LogP contribution in [0.2, 0.25) is 0 Å². The lowest BCUT2D eigenvalue weighted by atomic mass is 9.99. The molecule has 5 heteroatoms. The van der Waals surface area contributed by atoms with Crippen molar-refractivity contribution in [1.29, 1.82) is 0 Å². The molecule has 2 aromatic rings. The smallest absolute Gasteiger partial charge is 0.267 e. The average molecular weight is 296 g/mol. The molecular formula is C17H20N4O. The molecule has 0 aromatic carbocycles. The van der Waals surface area contributed by atoms with Gasteiger partial charge in [-0.3, -0.25) is 9.78 Å². The van der Waals surface area contributed by atoms with Crippen LogP contribution in [-0.2, 0) is 19.4 Å². The largest absolute Gasteiger partial charge is 0.371 e. The molecule has 0 N–H and O–H groups in total. The summed E-state index contributed by atoms with van der Waals surface area (Å²) in [6, 6.07) is 5.94. The molecule has 114 valence electrons. The number of rotatable bonds is 3. The molecule has 1 saturated heterocycles. The molecule has 0 atom stereocenters. The van der Waals surface area contributed by atoms with Crippen LogP contribution in [0, 0.1) is 12.8 Å². The van der Waals surface area contributed by atoms with E-state index in [1.54, 1.807) is 10.7 Å². The van der Waals surface area contributed by atoms with E-state index in [4.69, 9.17) is 0 Å². The maximum absolute atomic E-state index is 12.1. The van der Waals surface area contributed by atoms with Gasteiger partial charge in [-0.15, -0.1) is 0 Å². The maximum atomic E-state index is 12.1. The lowest BCUT2D eigenvalue weighted by Crippen LogP contribution is -2.49. The van der Waals surface area contributed by atoms with Crippen LogP contribution in [0.4, 0.5) is 5.69 Å². The van der Waals surface area contributed by atoms with Crippen molar-refractivity contribution in [3.63, 3.8) is 0 Å². The van der Waals surface area contributed by atoms with Crippen LogP contribution >= 0.6 is 0 Å². The van der Waals surface area contributed by atoms with E-state index in [1.165, 1.54) is 5.69 Å². The summed E-state index contributed by atoms with van der Waals surface area (Å²) in [7, 11) is 0. The highest BCUT2D eigenvalue weighted by atomic mass is 16.1. The van der Waals surface area contributed by atoms with Crippen LogP contribution in [0.25, 0.3) is 0 Å². The summed E-state index contributed by atoms with van der Waals surface area (Å²) in [5.74, 6) is 0.498. The molecule has 0 spiro atoms. The van der Waals surface area contributed by atoms with Crippen molar-refractivity contribution in [3.05, 3.63) is 51.7 Å². The Labute approximate surface area is 129 Å². The van der Waals surface area contributed by atoms with E-state index in [1.807, 2.05) is 19.2 Å². The lowest BCUT2D eigenvalue weighted by molar-refractivity contribution is 0.333. The lowest BCUT2D eigenvalue weighted by Gasteiger charge is -2.41. The zero-order valence-corrected chi connectivity index (χ0v) is 12.8. The Bertz CT molecular complexity index is 761. The summed E-state index contributed by atoms with van der Waals surface area (Å²) in [6.07, 6.45) is 5.01. The van der Waals surface area contributed by atoms with Crippen molar-refractivity contribution in [1.82, 2.24) is 14.8 Å². The van der Waals surface area contributed by atoms with Crippen LogP contribution in [-0.4, -0.2) is 27.9 Å². The summed E-state index contributed by atoms with van der Waals surface area (Å²) in [6.45, 7) is 4.70. The first kappa shape index (κ1) is 13.5. The molecule has 4 rings (SSSR count). The molecule has 1 aliphatic carbocycles. The Morgan fingerprint density at radius 3 is 2.95 bits per heavy atom. The second-order valence-corrected chi connectivity index (χ2v) is 6.42. The number of aromatic nitrogens is 3. The quantitative estimate of drug-likeness (QED) is 0.863. The minimum absolute atomic E-state index is 0.0545. The highest BCUT2D eigenvalue weighted by molar-refractivity contribution is 5.48. The van der Waals surface area contributed by atoms with Crippen molar-refractivity contribution in [2.75, 3.05) is 18.0 Å². The van der Waals surface area contributed by atoms with E-state index in [0.29, 0.717) is 5.92 Å². The summed E-state index contributed by atoms with van der Waals surface area (Å²) >= 11 is 0. The Balaban J connectivity index is 1.43. The SMILES string of the molecule is Cc1cc(N2CC(Cn3nc4c(cc3=O)CCC4)C2)ccn1. The zero-order valence-electron chi connectivity index (χ0n) is 12.8. The molecule has 0 radical (unpaired) electrons. The fraction of sp³-hybridized carbons (Fsp3) is 0.471. The summed E-state index contributed by atoms with van der Waals surface area (Å²) < 4.78 is 1.67. The Morgan fingerprint density at radius 1 is 1.27 bits per heavy atom. The predicted molar refractivity (Wildman–Crippen MR) is 85.2 cm³/mol. The predicted octanol–water partition coefficient (Wildman–Crippen LogP) is 1.57. The minimum atomic E-state index is 0.0545. The number of hydrogen-bond acceptors (Lipinski definition) is 4. The van der Waals surface area contributed by atoms with Gasteiger partial charge in [-0.25, -0.2) is 4.68 Å². The maximum Gasteiger partial charge on any atom is 0.267 e. The number of hydrogen-bond donors (Lipinski definition) is 0. The molecule has 1 aliphatic heterocycles. The van der Waals surface area contributed by atoms with E-state index in [2.05, 4.69) is 21.0 Å². The topological polar surface area (TPSA) is 51.0 Å². The van der Waals surface area contributed by atoms with Crippen LogP contribution in [0.15, 0.2) is 29.2 Å². The second kappa shape index (κ2) is 5.23. The van der Waals surface area contributed by atoms with Crippen LogP contribution in [0.5, 0.6) is 0 Å². The van der Waals surface area contributed by atoms with Gasteiger partial charge in [0.05, 0.1) is 12.2 Å². The number of anilines is 1. The van der Waals surface area contributed by atoms with Crippen LogP contribution in [0.1, 0.15) is 23.4 Å². The fourth-order valence-corrected chi connectivity index (χ4v) is 3.44. The Kier molecular flexibility index (Phi) is 3.21. The zero-order chi connectivity index (χ0) is 15.1. The highest BCUT2D eigenvalue weighted by Gasteiger charge is 2.28. The van der Waals surface area contributed by atoms with E-state index in [-0.39, 0.29) is 5.56 Å². The van der Waals surface area contributed by atoms with Gasteiger partial charge >= 0.3 is 0 Å². The Hall–Kier alpha value is -2.17. The summed E-state index contributed by atoms with van der Waals surface area (Å²) in [5.41, 5.74) is 4.60. The van der Waals surface area contributed by atoms with E-state index in [9.17, 15) is 4.79 Å². The average Bonchev–Trinajstić information content (AvgIpc) is 2.89. The standard InChI is InChI=1S/C17H20N4O/c1-12-7-15(5-6-18-12)20-9-13(10-20)11-21-17(22)8-14-3-2-4-16(14)19-21/h5-8,13H,2-4,9-11H2,1H3. The summed E-state index contributed by atoms with van der Waals surface area (Å²) in [5, 5.41) is 4.56. The van der Waals surface area contributed by atoms with Crippen LogP contribution < -0.4 is 10.5 Å². The molecule has 0 bridgehead atoms.